The van der Waals surface area contributed by atoms with Crippen molar-refractivity contribution in [3.05, 3.63) is 28.8 Å². The van der Waals surface area contributed by atoms with Gasteiger partial charge < -0.3 is 5.32 Å². The number of hydrogen-bond donors (Lipinski definition) is 1. The van der Waals surface area contributed by atoms with Gasteiger partial charge in [0.2, 0.25) is 15.9 Å². The number of hydrogen-bond acceptors (Lipinski definition) is 3. The Balaban J connectivity index is 3.36. The number of nitrogens with zero attached hydrogens (tertiary/aromatic N) is 1. The number of rotatable bonds is 7. The van der Waals surface area contributed by atoms with E-state index in [1.165, 1.54) is 6.92 Å². The van der Waals surface area contributed by atoms with Gasteiger partial charge in [-0.05, 0) is 37.0 Å². The van der Waals surface area contributed by atoms with Crippen LogP contribution in [0.1, 0.15) is 40.2 Å². The minimum absolute atomic E-state index is 0.0928. The third-order valence-corrected chi connectivity index (χ3v) is 5.91. The molecule has 0 radical (unpaired) electrons. The van der Waals surface area contributed by atoms with Gasteiger partial charge in [-0.1, -0.05) is 39.3 Å². The van der Waals surface area contributed by atoms with E-state index in [0.29, 0.717) is 10.4 Å². The summed E-state index contributed by atoms with van der Waals surface area (Å²) in [5, 5.41) is 2.25. The highest BCUT2D eigenvalue weighted by Gasteiger charge is 2.36. The normalized spacial score (nSPS) is 13.9. The van der Waals surface area contributed by atoms with Crippen LogP contribution in [-0.4, -0.2) is 32.7 Å². The summed E-state index contributed by atoms with van der Waals surface area (Å²) in [5.74, 6) is -0.410. The standard InChI is InChI=1S/C18H26ClF3N2O3S/c1-10(2)16(11(3)4)23-17(25)12(5)24(28(6,26)27)13-7-8-15(19)14(9-13)18(20,21)22/h7-12,16H,1-6H3,(H,23,25). The van der Waals surface area contributed by atoms with Crippen LogP contribution in [0, 0.1) is 11.8 Å². The van der Waals surface area contributed by atoms with Crippen LogP contribution in [0.4, 0.5) is 18.9 Å². The molecule has 0 saturated carbocycles. The molecule has 0 heterocycles. The maximum Gasteiger partial charge on any atom is 0.417 e. The third kappa shape index (κ3) is 6.01. The molecule has 0 aliphatic rings. The van der Waals surface area contributed by atoms with Crippen LogP contribution >= 0.6 is 11.6 Å². The molecule has 0 aliphatic carbocycles. The average molecular weight is 443 g/mol. The van der Waals surface area contributed by atoms with Gasteiger partial charge in [0.05, 0.1) is 22.5 Å². The molecule has 1 atom stereocenters. The summed E-state index contributed by atoms with van der Waals surface area (Å²) >= 11 is 5.61. The molecule has 0 fully saturated rings. The summed E-state index contributed by atoms with van der Waals surface area (Å²) in [6.07, 6.45) is -3.93. The van der Waals surface area contributed by atoms with Crippen molar-refractivity contribution in [3.8, 4) is 0 Å². The molecule has 0 aromatic heterocycles. The lowest BCUT2D eigenvalue weighted by Gasteiger charge is -2.32. The Hall–Kier alpha value is -1.48. The summed E-state index contributed by atoms with van der Waals surface area (Å²) in [6, 6.07) is 1.28. The maximum atomic E-state index is 13.2. The van der Waals surface area contributed by atoms with Crippen LogP contribution in [0.5, 0.6) is 0 Å². The van der Waals surface area contributed by atoms with Crippen LogP contribution in [0.15, 0.2) is 18.2 Å². The van der Waals surface area contributed by atoms with Gasteiger partial charge in [-0.15, -0.1) is 0 Å². The largest absolute Gasteiger partial charge is 0.417 e. The third-order valence-electron chi connectivity index (χ3n) is 4.34. The minimum atomic E-state index is -4.76. The topological polar surface area (TPSA) is 66.5 Å². The zero-order valence-corrected chi connectivity index (χ0v) is 18.2. The second-order valence-electron chi connectivity index (χ2n) is 7.42. The van der Waals surface area contributed by atoms with Crippen molar-refractivity contribution >= 4 is 33.2 Å². The molecule has 160 valence electrons. The van der Waals surface area contributed by atoms with Gasteiger partial charge in [0, 0.05) is 6.04 Å². The van der Waals surface area contributed by atoms with E-state index in [0.717, 1.165) is 18.4 Å². The highest BCUT2D eigenvalue weighted by molar-refractivity contribution is 7.92. The fraction of sp³-hybridized carbons (Fsp3) is 0.611. The Labute approximate surface area is 169 Å². The average Bonchev–Trinajstić information content (AvgIpc) is 2.50. The molecule has 0 spiro atoms. The van der Waals surface area contributed by atoms with E-state index in [9.17, 15) is 26.4 Å². The zero-order chi connectivity index (χ0) is 22.0. The van der Waals surface area contributed by atoms with Crippen LogP contribution in [0.25, 0.3) is 0 Å². The molecule has 1 aromatic carbocycles. The number of alkyl halides is 3. The molecule has 1 N–H and O–H groups in total. The number of nitrogens with one attached hydrogen (secondary N) is 1. The van der Waals surface area contributed by atoms with Gasteiger partial charge in [0.1, 0.15) is 6.04 Å². The van der Waals surface area contributed by atoms with Crippen molar-refractivity contribution in [1.82, 2.24) is 5.32 Å². The van der Waals surface area contributed by atoms with Crippen molar-refractivity contribution in [2.24, 2.45) is 11.8 Å². The van der Waals surface area contributed by atoms with Crippen molar-refractivity contribution in [3.63, 3.8) is 0 Å². The number of anilines is 1. The van der Waals surface area contributed by atoms with Crippen LogP contribution in [-0.2, 0) is 21.0 Å². The first kappa shape index (κ1) is 24.6. The number of amides is 1. The van der Waals surface area contributed by atoms with Gasteiger partial charge >= 0.3 is 6.18 Å². The molecule has 1 amide bonds. The van der Waals surface area contributed by atoms with Crippen molar-refractivity contribution in [2.75, 3.05) is 10.6 Å². The first-order chi connectivity index (χ1) is 12.6. The smallest absolute Gasteiger partial charge is 0.351 e. The summed E-state index contributed by atoms with van der Waals surface area (Å²) in [6.45, 7) is 8.99. The van der Waals surface area contributed by atoms with E-state index >= 15 is 0 Å². The SMILES string of the molecule is CC(C)C(NC(=O)C(C)N(c1ccc(Cl)c(C(F)(F)F)c1)S(C)(=O)=O)C(C)C. The molecule has 1 unspecified atom stereocenters. The Bertz CT molecular complexity index is 803. The van der Waals surface area contributed by atoms with Crippen LogP contribution < -0.4 is 9.62 Å². The predicted octanol–water partition coefficient (Wildman–Crippen LogP) is 4.31. The fourth-order valence-electron chi connectivity index (χ4n) is 3.06. The van der Waals surface area contributed by atoms with Crippen molar-refractivity contribution < 1.29 is 26.4 Å². The van der Waals surface area contributed by atoms with E-state index in [4.69, 9.17) is 11.6 Å². The Morgan fingerprint density at radius 1 is 1.11 bits per heavy atom. The Morgan fingerprint density at radius 3 is 2.00 bits per heavy atom. The fourth-order valence-corrected chi connectivity index (χ4v) is 4.46. The van der Waals surface area contributed by atoms with Gasteiger partial charge in [-0.3, -0.25) is 9.10 Å². The molecular weight excluding hydrogens is 417 g/mol. The van der Waals surface area contributed by atoms with Crippen molar-refractivity contribution in [2.45, 2.75) is 52.9 Å². The van der Waals surface area contributed by atoms with Crippen LogP contribution in [0.3, 0.4) is 0 Å². The molecule has 1 aromatic rings. The maximum absolute atomic E-state index is 13.2. The lowest BCUT2D eigenvalue weighted by molar-refractivity contribution is -0.137. The molecular formula is C18H26ClF3N2O3S. The molecule has 10 heteroatoms. The first-order valence-corrected chi connectivity index (χ1v) is 11.0. The number of sulfonamides is 1. The van der Waals surface area contributed by atoms with Crippen LogP contribution in [0.2, 0.25) is 5.02 Å². The summed E-state index contributed by atoms with van der Waals surface area (Å²) < 4.78 is 64.8. The van der Waals surface area contributed by atoms with Crippen molar-refractivity contribution in [1.29, 1.82) is 0 Å². The summed E-state index contributed by atoms with van der Waals surface area (Å²) in [4.78, 5) is 12.7. The van der Waals surface area contributed by atoms with E-state index < -0.39 is 38.7 Å². The van der Waals surface area contributed by atoms with Gasteiger partial charge in [0.25, 0.3) is 0 Å². The van der Waals surface area contributed by atoms with E-state index in [1.54, 1.807) is 0 Å². The number of carbonyl (C=O) groups excluding carboxylic acids is 1. The summed E-state index contributed by atoms with van der Waals surface area (Å²) in [7, 11) is -4.05. The molecule has 1 rings (SSSR count). The monoisotopic (exact) mass is 442 g/mol. The highest BCUT2D eigenvalue weighted by atomic mass is 35.5. The molecule has 5 nitrogen and oxygen atoms in total. The van der Waals surface area contributed by atoms with E-state index in [2.05, 4.69) is 5.32 Å². The van der Waals surface area contributed by atoms with E-state index in [1.807, 2.05) is 27.7 Å². The number of benzene rings is 1. The Kier molecular flexibility index (Phi) is 7.81. The second kappa shape index (κ2) is 8.90. The van der Waals surface area contributed by atoms with Gasteiger partial charge in [-0.2, -0.15) is 13.2 Å². The minimum Gasteiger partial charge on any atom is -0.351 e. The van der Waals surface area contributed by atoms with Gasteiger partial charge in [-0.25, -0.2) is 8.42 Å². The first-order valence-electron chi connectivity index (χ1n) is 8.73. The molecule has 28 heavy (non-hydrogen) atoms. The quantitative estimate of drug-likeness (QED) is 0.684. The number of halogens is 4. The molecule has 0 saturated heterocycles. The lowest BCUT2D eigenvalue weighted by Crippen LogP contribution is -2.52. The number of carbonyl (C=O) groups is 1. The zero-order valence-electron chi connectivity index (χ0n) is 16.6. The lowest BCUT2D eigenvalue weighted by atomic mass is 9.93. The van der Waals surface area contributed by atoms with Gasteiger partial charge in [0.15, 0.2) is 0 Å². The molecule has 0 aliphatic heterocycles. The Morgan fingerprint density at radius 2 is 1.61 bits per heavy atom. The predicted molar refractivity (Wildman–Crippen MR) is 105 cm³/mol. The second-order valence-corrected chi connectivity index (χ2v) is 9.69. The molecule has 0 bridgehead atoms. The highest BCUT2D eigenvalue weighted by Crippen LogP contribution is 2.37. The van der Waals surface area contributed by atoms with E-state index in [-0.39, 0.29) is 23.6 Å². The summed E-state index contributed by atoms with van der Waals surface area (Å²) in [5.41, 5.74) is -1.46.